The molecular weight excluding hydrogens is 438 g/mol. The lowest BCUT2D eigenvalue weighted by molar-refractivity contribution is -0.137. The van der Waals surface area contributed by atoms with Crippen LogP contribution in [0.15, 0.2) is 53.6 Å². The normalized spacial score (nSPS) is 11.7. The van der Waals surface area contributed by atoms with Crippen LogP contribution in [0.2, 0.25) is 5.15 Å². The Labute approximate surface area is 179 Å². The number of hydrazone groups is 1. The molecule has 0 atom stereocenters. The highest BCUT2D eigenvalue weighted by molar-refractivity contribution is 6.32. The maximum atomic E-state index is 13.5. The number of aromatic nitrogens is 2. The summed E-state index contributed by atoms with van der Waals surface area (Å²) in [5.74, 6) is -1.04. The zero-order valence-corrected chi connectivity index (χ0v) is 16.8. The van der Waals surface area contributed by atoms with Crippen LogP contribution in [0.3, 0.4) is 0 Å². The molecule has 0 aliphatic rings. The number of rotatable bonds is 6. The van der Waals surface area contributed by atoms with E-state index in [-0.39, 0.29) is 23.1 Å². The molecule has 0 unspecified atom stereocenters. The van der Waals surface area contributed by atoms with Gasteiger partial charge in [-0.3, -0.25) is 4.79 Å². The van der Waals surface area contributed by atoms with Gasteiger partial charge in [-0.05, 0) is 37.3 Å². The van der Waals surface area contributed by atoms with Crippen LogP contribution in [0.25, 0.3) is 5.69 Å². The van der Waals surface area contributed by atoms with Gasteiger partial charge in [0.25, 0.3) is 5.91 Å². The molecule has 2 aromatic carbocycles. The highest BCUT2D eigenvalue weighted by Crippen LogP contribution is 2.31. The van der Waals surface area contributed by atoms with Gasteiger partial charge in [0.15, 0.2) is 0 Å². The molecule has 31 heavy (non-hydrogen) atoms. The molecule has 11 heteroatoms. The number of carbonyl (C=O) groups excluding carboxylic acids is 1. The van der Waals surface area contributed by atoms with E-state index in [1.54, 1.807) is 13.0 Å². The van der Waals surface area contributed by atoms with Gasteiger partial charge in [-0.25, -0.2) is 14.5 Å². The highest BCUT2D eigenvalue weighted by Gasteiger charge is 2.30. The first-order valence-corrected chi connectivity index (χ1v) is 9.27. The predicted octanol–water partition coefficient (Wildman–Crippen LogP) is 4.55. The molecule has 162 valence electrons. The maximum absolute atomic E-state index is 13.5. The molecule has 0 aliphatic heterocycles. The standard InChI is InChI=1S/C20H16ClF4N5O/c1-12-15(10-27-28-18(31)11-26-17-8-3-2-7-16(17)22)19(21)30(29-12)14-6-4-5-13(9-14)20(23,24)25/h2-10,26H,11H2,1H3,(H,28,31)/b27-10+. The Morgan fingerprint density at radius 1 is 1.23 bits per heavy atom. The van der Waals surface area contributed by atoms with Crippen LogP contribution in [0.1, 0.15) is 16.8 Å². The summed E-state index contributed by atoms with van der Waals surface area (Å²) >= 11 is 6.27. The Balaban J connectivity index is 1.69. The van der Waals surface area contributed by atoms with Crippen molar-refractivity contribution in [1.29, 1.82) is 0 Å². The number of hydrogen-bond acceptors (Lipinski definition) is 4. The molecule has 2 N–H and O–H groups in total. The van der Waals surface area contributed by atoms with Crippen LogP contribution in [-0.2, 0) is 11.0 Å². The molecule has 0 saturated heterocycles. The van der Waals surface area contributed by atoms with Crippen LogP contribution < -0.4 is 10.7 Å². The van der Waals surface area contributed by atoms with Gasteiger partial charge >= 0.3 is 6.18 Å². The second-order valence-electron chi connectivity index (χ2n) is 6.38. The number of alkyl halides is 3. The van der Waals surface area contributed by atoms with Crippen molar-refractivity contribution >= 4 is 29.4 Å². The van der Waals surface area contributed by atoms with E-state index in [0.29, 0.717) is 11.3 Å². The van der Waals surface area contributed by atoms with E-state index in [1.807, 2.05) is 0 Å². The lowest BCUT2D eigenvalue weighted by Crippen LogP contribution is -2.26. The van der Waals surface area contributed by atoms with Gasteiger partial charge in [0.1, 0.15) is 11.0 Å². The molecule has 1 amide bonds. The van der Waals surface area contributed by atoms with Gasteiger partial charge in [-0.1, -0.05) is 29.8 Å². The Bertz CT molecular complexity index is 1130. The lowest BCUT2D eigenvalue weighted by atomic mass is 10.2. The van der Waals surface area contributed by atoms with E-state index in [1.165, 1.54) is 36.5 Å². The molecule has 0 spiro atoms. The zero-order valence-electron chi connectivity index (χ0n) is 16.0. The number of nitrogens with zero attached hydrogens (tertiary/aromatic N) is 3. The van der Waals surface area contributed by atoms with Crippen molar-refractivity contribution < 1.29 is 22.4 Å². The van der Waals surface area contributed by atoms with Gasteiger partial charge < -0.3 is 5.32 Å². The van der Waals surface area contributed by atoms with Crippen molar-refractivity contribution in [3.63, 3.8) is 0 Å². The van der Waals surface area contributed by atoms with Crippen molar-refractivity contribution in [2.75, 3.05) is 11.9 Å². The number of aryl methyl sites for hydroxylation is 1. The summed E-state index contributed by atoms with van der Waals surface area (Å²) in [5.41, 5.74) is 2.43. The van der Waals surface area contributed by atoms with Gasteiger partial charge in [0.05, 0.1) is 41.0 Å². The van der Waals surface area contributed by atoms with Gasteiger partial charge in [0.2, 0.25) is 0 Å². The number of halogens is 5. The van der Waals surface area contributed by atoms with Crippen LogP contribution in [0.5, 0.6) is 0 Å². The molecule has 1 heterocycles. The fourth-order valence-electron chi connectivity index (χ4n) is 2.63. The van der Waals surface area contributed by atoms with Crippen molar-refractivity contribution in [3.05, 3.63) is 76.3 Å². The first-order chi connectivity index (χ1) is 14.7. The minimum Gasteiger partial charge on any atom is -0.374 e. The quantitative estimate of drug-likeness (QED) is 0.327. The average Bonchev–Trinajstić information content (AvgIpc) is 3.01. The van der Waals surface area contributed by atoms with E-state index in [9.17, 15) is 22.4 Å². The average molecular weight is 454 g/mol. The second-order valence-corrected chi connectivity index (χ2v) is 6.73. The Kier molecular flexibility index (Phi) is 6.59. The summed E-state index contributed by atoms with van der Waals surface area (Å²) in [6.45, 7) is 1.37. The monoisotopic (exact) mass is 453 g/mol. The van der Waals surface area contributed by atoms with Crippen LogP contribution >= 0.6 is 11.6 Å². The molecular formula is C20H16ClF4N5O. The topological polar surface area (TPSA) is 71.3 Å². The summed E-state index contributed by atoms with van der Waals surface area (Å²) in [6, 6.07) is 10.4. The SMILES string of the molecule is Cc1nn(-c2cccc(C(F)(F)F)c2)c(Cl)c1/C=N/NC(=O)CNc1ccccc1F. The smallest absolute Gasteiger partial charge is 0.374 e. The fourth-order valence-corrected chi connectivity index (χ4v) is 2.95. The number of amides is 1. The molecule has 0 bridgehead atoms. The first-order valence-electron chi connectivity index (χ1n) is 8.90. The third-order valence-electron chi connectivity index (χ3n) is 4.16. The second kappa shape index (κ2) is 9.17. The third kappa shape index (κ3) is 5.40. The molecule has 3 aromatic rings. The molecule has 0 fully saturated rings. The number of para-hydroxylation sites is 1. The minimum absolute atomic E-state index is 0.0271. The van der Waals surface area contributed by atoms with E-state index in [4.69, 9.17) is 11.6 Å². The van der Waals surface area contributed by atoms with Crippen LogP contribution in [0.4, 0.5) is 23.2 Å². The van der Waals surface area contributed by atoms with Crippen molar-refractivity contribution in [2.24, 2.45) is 5.10 Å². The van der Waals surface area contributed by atoms with Crippen LogP contribution in [0, 0.1) is 12.7 Å². The van der Waals surface area contributed by atoms with Gasteiger partial charge in [-0.2, -0.15) is 23.4 Å². The van der Waals surface area contributed by atoms with E-state index >= 15 is 0 Å². The molecule has 0 radical (unpaired) electrons. The van der Waals surface area contributed by atoms with Gasteiger partial charge in [0, 0.05) is 0 Å². The fraction of sp³-hybridized carbons (Fsp3) is 0.150. The summed E-state index contributed by atoms with van der Waals surface area (Å²) < 4.78 is 53.5. The van der Waals surface area contributed by atoms with Crippen molar-refractivity contribution in [2.45, 2.75) is 13.1 Å². The zero-order chi connectivity index (χ0) is 22.6. The number of carbonyl (C=O) groups is 1. The molecule has 3 rings (SSSR count). The Hall–Kier alpha value is -3.40. The summed E-state index contributed by atoms with van der Waals surface area (Å²) in [4.78, 5) is 11.9. The minimum atomic E-state index is -4.50. The summed E-state index contributed by atoms with van der Waals surface area (Å²) in [6.07, 6.45) is -3.27. The lowest BCUT2D eigenvalue weighted by Gasteiger charge is -2.09. The van der Waals surface area contributed by atoms with Crippen molar-refractivity contribution in [3.8, 4) is 5.69 Å². The first kappa shape index (κ1) is 22.3. The Morgan fingerprint density at radius 3 is 2.68 bits per heavy atom. The molecule has 6 nitrogen and oxygen atoms in total. The molecule has 0 aliphatic carbocycles. The maximum Gasteiger partial charge on any atom is 0.416 e. The largest absolute Gasteiger partial charge is 0.416 e. The van der Waals surface area contributed by atoms with E-state index in [2.05, 4.69) is 20.9 Å². The molecule has 1 aromatic heterocycles. The van der Waals surface area contributed by atoms with Gasteiger partial charge in [-0.15, -0.1) is 0 Å². The van der Waals surface area contributed by atoms with E-state index < -0.39 is 23.5 Å². The number of hydrogen-bond donors (Lipinski definition) is 2. The highest BCUT2D eigenvalue weighted by atomic mass is 35.5. The van der Waals surface area contributed by atoms with E-state index in [0.717, 1.165) is 16.8 Å². The summed E-state index contributed by atoms with van der Waals surface area (Å²) in [5, 5.41) is 10.6. The Morgan fingerprint density at radius 2 is 1.97 bits per heavy atom. The number of anilines is 1. The number of nitrogens with one attached hydrogen (secondary N) is 2. The van der Waals surface area contributed by atoms with Crippen molar-refractivity contribution in [1.82, 2.24) is 15.2 Å². The van der Waals surface area contributed by atoms with Crippen LogP contribution in [-0.4, -0.2) is 28.4 Å². The summed E-state index contributed by atoms with van der Waals surface area (Å²) in [7, 11) is 0. The molecule has 0 saturated carbocycles. The predicted molar refractivity (Wildman–Crippen MR) is 109 cm³/mol. The number of benzene rings is 2. The third-order valence-corrected chi connectivity index (χ3v) is 4.53.